The lowest BCUT2D eigenvalue weighted by molar-refractivity contribution is -0.119. The first-order chi connectivity index (χ1) is 12.9. The Balaban J connectivity index is 1.57. The van der Waals surface area contributed by atoms with Crippen molar-refractivity contribution in [2.24, 2.45) is 0 Å². The van der Waals surface area contributed by atoms with E-state index in [2.05, 4.69) is 21.6 Å². The van der Waals surface area contributed by atoms with Gasteiger partial charge in [-0.3, -0.25) is 4.79 Å². The molecule has 3 rings (SSSR count). The maximum absolute atomic E-state index is 12.2. The molecule has 1 aromatic heterocycles. The second-order valence-electron chi connectivity index (χ2n) is 6.38. The first-order valence-electron chi connectivity index (χ1n) is 8.50. The summed E-state index contributed by atoms with van der Waals surface area (Å²) in [6.45, 7) is 5.96. The van der Waals surface area contributed by atoms with Crippen molar-refractivity contribution in [1.82, 2.24) is 15.5 Å². The Bertz CT molecular complexity index is 938. The summed E-state index contributed by atoms with van der Waals surface area (Å²) >= 11 is 7.21. The SMILES string of the molecule is Cc1cc(C)cc(-c2nnc(SCC(=O)N[C@@H](C)c3cccc(Cl)c3)o2)c1. The molecule has 1 N–H and O–H groups in total. The Kier molecular flexibility index (Phi) is 6.19. The van der Waals surface area contributed by atoms with E-state index in [0.29, 0.717) is 16.1 Å². The molecule has 0 spiro atoms. The number of amides is 1. The Morgan fingerprint density at radius 1 is 1.19 bits per heavy atom. The van der Waals surface area contributed by atoms with E-state index in [0.717, 1.165) is 22.3 Å². The summed E-state index contributed by atoms with van der Waals surface area (Å²) in [5.41, 5.74) is 4.10. The lowest BCUT2D eigenvalue weighted by Gasteiger charge is -2.14. The maximum atomic E-state index is 12.2. The van der Waals surface area contributed by atoms with Crippen molar-refractivity contribution in [3.8, 4) is 11.5 Å². The van der Waals surface area contributed by atoms with Gasteiger partial charge in [-0.05, 0) is 50.6 Å². The molecule has 7 heteroatoms. The molecule has 0 saturated carbocycles. The van der Waals surface area contributed by atoms with Gasteiger partial charge >= 0.3 is 0 Å². The van der Waals surface area contributed by atoms with Crippen LogP contribution in [-0.4, -0.2) is 21.9 Å². The van der Waals surface area contributed by atoms with Crippen LogP contribution in [0.1, 0.15) is 29.7 Å². The molecule has 0 aliphatic rings. The molecule has 140 valence electrons. The van der Waals surface area contributed by atoms with Crippen LogP contribution in [-0.2, 0) is 4.79 Å². The number of halogens is 1. The molecular weight excluding hydrogens is 382 g/mol. The first kappa shape index (κ1) is 19.5. The van der Waals surface area contributed by atoms with Crippen molar-refractivity contribution in [1.29, 1.82) is 0 Å². The molecule has 1 atom stereocenters. The largest absolute Gasteiger partial charge is 0.411 e. The molecule has 3 aromatic rings. The Labute approximate surface area is 167 Å². The van der Waals surface area contributed by atoms with E-state index in [1.54, 1.807) is 6.07 Å². The fraction of sp³-hybridized carbons (Fsp3) is 0.250. The van der Waals surface area contributed by atoms with Gasteiger partial charge in [0.15, 0.2) is 0 Å². The van der Waals surface area contributed by atoms with Crippen LogP contribution < -0.4 is 5.32 Å². The summed E-state index contributed by atoms with van der Waals surface area (Å²) in [4.78, 5) is 12.2. The summed E-state index contributed by atoms with van der Waals surface area (Å²) < 4.78 is 5.68. The van der Waals surface area contributed by atoms with E-state index < -0.39 is 0 Å². The summed E-state index contributed by atoms with van der Waals surface area (Å²) in [7, 11) is 0. The Morgan fingerprint density at radius 3 is 2.63 bits per heavy atom. The van der Waals surface area contributed by atoms with Gasteiger partial charge in [-0.25, -0.2) is 0 Å². The number of carbonyl (C=O) groups excluding carboxylic acids is 1. The number of aromatic nitrogens is 2. The third-order valence-corrected chi connectivity index (χ3v) is 4.98. The smallest absolute Gasteiger partial charge is 0.277 e. The molecule has 1 amide bonds. The maximum Gasteiger partial charge on any atom is 0.277 e. The van der Waals surface area contributed by atoms with Crippen molar-refractivity contribution in [3.63, 3.8) is 0 Å². The van der Waals surface area contributed by atoms with Crippen molar-refractivity contribution in [3.05, 3.63) is 64.2 Å². The van der Waals surface area contributed by atoms with Gasteiger partial charge in [0.1, 0.15) is 0 Å². The van der Waals surface area contributed by atoms with Gasteiger partial charge in [0.25, 0.3) is 5.22 Å². The van der Waals surface area contributed by atoms with Gasteiger partial charge in [-0.2, -0.15) is 0 Å². The summed E-state index contributed by atoms with van der Waals surface area (Å²) in [5, 5.41) is 12.1. The second-order valence-corrected chi connectivity index (χ2v) is 7.75. The minimum absolute atomic E-state index is 0.112. The van der Waals surface area contributed by atoms with Crippen LogP contribution in [0.25, 0.3) is 11.5 Å². The third kappa shape index (κ3) is 5.34. The standard InChI is InChI=1S/C20H20ClN3O2S/c1-12-7-13(2)9-16(8-12)19-23-24-20(26-19)27-11-18(25)22-14(3)15-5-4-6-17(21)10-15/h4-10,14H,11H2,1-3H3,(H,22,25)/t14-/m0/s1. The van der Waals surface area contributed by atoms with Crippen LogP contribution in [0.4, 0.5) is 0 Å². The average Bonchev–Trinajstić information content (AvgIpc) is 3.08. The molecule has 5 nitrogen and oxygen atoms in total. The highest BCUT2D eigenvalue weighted by Crippen LogP contribution is 2.25. The number of rotatable bonds is 6. The van der Waals surface area contributed by atoms with Crippen LogP contribution in [0, 0.1) is 13.8 Å². The molecule has 0 radical (unpaired) electrons. The number of thioether (sulfide) groups is 1. The number of nitrogens with one attached hydrogen (secondary N) is 1. The molecule has 0 aliphatic carbocycles. The monoisotopic (exact) mass is 401 g/mol. The number of hydrogen-bond donors (Lipinski definition) is 1. The van der Waals surface area contributed by atoms with Crippen LogP contribution >= 0.6 is 23.4 Å². The zero-order valence-corrected chi connectivity index (χ0v) is 16.9. The highest BCUT2D eigenvalue weighted by Gasteiger charge is 2.14. The number of nitrogens with zero attached hydrogens (tertiary/aromatic N) is 2. The van der Waals surface area contributed by atoms with E-state index in [-0.39, 0.29) is 17.7 Å². The van der Waals surface area contributed by atoms with Gasteiger partial charge in [0.05, 0.1) is 11.8 Å². The fourth-order valence-corrected chi connectivity index (χ4v) is 3.53. The minimum atomic E-state index is -0.134. The second kappa shape index (κ2) is 8.59. The predicted molar refractivity (Wildman–Crippen MR) is 108 cm³/mol. The highest BCUT2D eigenvalue weighted by atomic mass is 35.5. The molecule has 27 heavy (non-hydrogen) atoms. The van der Waals surface area contributed by atoms with Crippen LogP contribution in [0.5, 0.6) is 0 Å². The molecule has 0 bridgehead atoms. The highest BCUT2D eigenvalue weighted by molar-refractivity contribution is 7.99. The van der Waals surface area contributed by atoms with Gasteiger partial charge in [-0.15, -0.1) is 10.2 Å². The normalized spacial score (nSPS) is 12.0. The number of benzene rings is 2. The topological polar surface area (TPSA) is 68.0 Å². The van der Waals surface area contributed by atoms with E-state index in [4.69, 9.17) is 16.0 Å². The molecule has 2 aromatic carbocycles. The zero-order valence-electron chi connectivity index (χ0n) is 15.3. The predicted octanol–water partition coefficient (Wildman–Crippen LogP) is 4.98. The van der Waals surface area contributed by atoms with Crippen molar-refractivity contribution < 1.29 is 9.21 Å². The lowest BCUT2D eigenvalue weighted by Crippen LogP contribution is -2.28. The van der Waals surface area contributed by atoms with Crippen LogP contribution in [0.15, 0.2) is 52.1 Å². The third-order valence-electron chi connectivity index (χ3n) is 3.93. The molecule has 0 fully saturated rings. The van der Waals surface area contributed by atoms with E-state index >= 15 is 0 Å². The van der Waals surface area contributed by atoms with Crippen LogP contribution in [0.2, 0.25) is 5.02 Å². The van der Waals surface area contributed by atoms with Gasteiger partial charge in [-0.1, -0.05) is 52.7 Å². The molecule has 1 heterocycles. The summed E-state index contributed by atoms with van der Waals surface area (Å²) in [5.74, 6) is 0.537. The number of aryl methyl sites for hydroxylation is 2. The number of hydrogen-bond acceptors (Lipinski definition) is 5. The lowest BCUT2D eigenvalue weighted by atomic mass is 10.1. The Hall–Kier alpha value is -2.31. The minimum Gasteiger partial charge on any atom is -0.411 e. The number of carbonyl (C=O) groups is 1. The molecule has 0 unspecified atom stereocenters. The average molecular weight is 402 g/mol. The van der Waals surface area contributed by atoms with Gasteiger partial charge in [0, 0.05) is 10.6 Å². The van der Waals surface area contributed by atoms with E-state index in [1.807, 2.05) is 51.1 Å². The fourth-order valence-electron chi connectivity index (χ4n) is 2.75. The molecule has 0 saturated heterocycles. The summed E-state index contributed by atoms with van der Waals surface area (Å²) in [6.07, 6.45) is 0. The van der Waals surface area contributed by atoms with Crippen molar-refractivity contribution in [2.45, 2.75) is 32.0 Å². The first-order valence-corrected chi connectivity index (χ1v) is 9.87. The quantitative estimate of drug-likeness (QED) is 0.590. The zero-order chi connectivity index (χ0) is 19.4. The van der Waals surface area contributed by atoms with E-state index in [9.17, 15) is 4.79 Å². The van der Waals surface area contributed by atoms with Gasteiger partial charge < -0.3 is 9.73 Å². The molecular formula is C20H20ClN3O2S. The molecule has 0 aliphatic heterocycles. The van der Waals surface area contributed by atoms with E-state index in [1.165, 1.54) is 11.8 Å². The summed E-state index contributed by atoms with van der Waals surface area (Å²) in [6, 6.07) is 13.4. The Morgan fingerprint density at radius 2 is 1.93 bits per heavy atom. The van der Waals surface area contributed by atoms with Crippen LogP contribution in [0.3, 0.4) is 0 Å². The van der Waals surface area contributed by atoms with Crippen molar-refractivity contribution >= 4 is 29.3 Å². The van der Waals surface area contributed by atoms with Gasteiger partial charge in [0.2, 0.25) is 11.8 Å². The van der Waals surface area contributed by atoms with Crippen molar-refractivity contribution in [2.75, 3.05) is 5.75 Å².